The van der Waals surface area contributed by atoms with E-state index >= 15 is 0 Å². The molecule has 0 spiro atoms. The van der Waals surface area contributed by atoms with Crippen molar-refractivity contribution in [2.75, 3.05) is 6.54 Å². The maximum absolute atomic E-state index is 4.69. The Morgan fingerprint density at radius 3 is 2.63 bits per heavy atom. The van der Waals surface area contributed by atoms with E-state index in [0.29, 0.717) is 0 Å². The molecule has 19 heavy (non-hydrogen) atoms. The number of aromatic nitrogens is 2. The van der Waals surface area contributed by atoms with Crippen LogP contribution in [0.3, 0.4) is 0 Å². The Bertz CT molecular complexity index is 587. The van der Waals surface area contributed by atoms with Crippen molar-refractivity contribution < 1.29 is 0 Å². The van der Waals surface area contributed by atoms with Gasteiger partial charge in [-0.05, 0) is 51.1 Å². The van der Waals surface area contributed by atoms with Crippen LogP contribution in [-0.2, 0) is 6.54 Å². The zero-order chi connectivity index (χ0) is 14.0. The predicted molar refractivity (Wildman–Crippen MR) is 82.9 cm³/mol. The highest BCUT2D eigenvalue weighted by Gasteiger charge is 2.13. The topological polar surface area (TPSA) is 29.9 Å². The normalized spacial score (nSPS) is 11.0. The molecule has 0 saturated heterocycles. The molecule has 0 radical (unpaired) electrons. The molecule has 4 heteroatoms. The highest BCUT2D eigenvalue weighted by molar-refractivity contribution is 9.10. The van der Waals surface area contributed by atoms with Gasteiger partial charge >= 0.3 is 0 Å². The molecule has 0 amide bonds. The van der Waals surface area contributed by atoms with E-state index in [1.807, 2.05) is 4.68 Å². The Morgan fingerprint density at radius 1 is 1.26 bits per heavy atom. The summed E-state index contributed by atoms with van der Waals surface area (Å²) in [7, 11) is 0. The molecule has 1 aromatic carbocycles. The third-order valence-electron chi connectivity index (χ3n) is 3.38. The summed E-state index contributed by atoms with van der Waals surface area (Å²) in [4.78, 5) is 0. The van der Waals surface area contributed by atoms with Crippen molar-refractivity contribution in [3.8, 4) is 5.69 Å². The number of hydrogen-bond donors (Lipinski definition) is 1. The molecular formula is C15H20BrN3. The summed E-state index contributed by atoms with van der Waals surface area (Å²) >= 11 is 3.50. The number of hydrogen-bond acceptors (Lipinski definition) is 2. The second kappa shape index (κ2) is 5.88. The van der Waals surface area contributed by atoms with Gasteiger partial charge in [-0.1, -0.05) is 22.9 Å². The predicted octanol–water partition coefficient (Wildman–Crippen LogP) is 3.67. The molecule has 1 N–H and O–H groups in total. The maximum atomic E-state index is 4.69. The molecule has 3 nitrogen and oxygen atoms in total. The number of rotatable bonds is 4. The van der Waals surface area contributed by atoms with Crippen molar-refractivity contribution in [1.82, 2.24) is 15.1 Å². The Labute approximate surface area is 123 Å². The number of nitrogens with one attached hydrogen (secondary N) is 1. The van der Waals surface area contributed by atoms with Crippen LogP contribution in [0.15, 0.2) is 22.7 Å². The monoisotopic (exact) mass is 321 g/mol. The summed E-state index contributed by atoms with van der Waals surface area (Å²) in [5.41, 5.74) is 5.97. The third-order valence-corrected chi connectivity index (χ3v) is 3.87. The van der Waals surface area contributed by atoms with Crippen molar-refractivity contribution in [2.24, 2.45) is 0 Å². The maximum Gasteiger partial charge on any atom is 0.0678 e. The Kier molecular flexibility index (Phi) is 4.42. The first kappa shape index (κ1) is 14.3. The molecule has 0 saturated carbocycles. The second-order valence-corrected chi connectivity index (χ2v) is 5.69. The van der Waals surface area contributed by atoms with Crippen LogP contribution < -0.4 is 5.32 Å². The molecular weight excluding hydrogens is 302 g/mol. The van der Waals surface area contributed by atoms with Crippen LogP contribution in [-0.4, -0.2) is 16.3 Å². The molecule has 0 atom stereocenters. The fourth-order valence-electron chi connectivity index (χ4n) is 2.27. The van der Waals surface area contributed by atoms with Crippen molar-refractivity contribution in [3.05, 3.63) is 45.2 Å². The van der Waals surface area contributed by atoms with E-state index < -0.39 is 0 Å². The Balaban J connectivity index is 2.45. The highest BCUT2D eigenvalue weighted by atomic mass is 79.9. The van der Waals surface area contributed by atoms with Gasteiger partial charge < -0.3 is 5.32 Å². The fourth-order valence-corrected chi connectivity index (χ4v) is 2.75. The van der Waals surface area contributed by atoms with Gasteiger partial charge in [0, 0.05) is 22.3 Å². The summed E-state index contributed by atoms with van der Waals surface area (Å²) in [6.45, 7) is 10.3. The number of aryl methyl sites for hydroxylation is 2. The Hall–Kier alpha value is -1.13. The lowest BCUT2D eigenvalue weighted by atomic mass is 10.1. The lowest BCUT2D eigenvalue weighted by Gasteiger charge is -2.09. The number of halogens is 1. The van der Waals surface area contributed by atoms with Gasteiger partial charge in [0.2, 0.25) is 0 Å². The smallest absolute Gasteiger partial charge is 0.0678 e. The second-order valence-electron chi connectivity index (χ2n) is 4.77. The molecule has 1 aromatic heterocycles. The lowest BCUT2D eigenvalue weighted by molar-refractivity contribution is 0.719. The van der Waals surface area contributed by atoms with E-state index in [2.05, 4.69) is 72.2 Å². The molecule has 0 aliphatic carbocycles. The molecule has 0 bridgehead atoms. The third kappa shape index (κ3) is 2.90. The molecule has 0 unspecified atom stereocenters. The molecule has 1 heterocycles. The average molecular weight is 322 g/mol. The van der Waals surface area contributed by atoms with Crippen LogP contribution in [0.2, 0.25) is 0 Å². The van der Waals surface area contributed by atoms with Crippen LogP contribution in [0, 0.1) is 20.8 Å². The van der Waals surface area contributed by atoms with Crippen LogP contribution in [0.1, 0.15) is 29.4 Å². The van der Waals surface area contributed by atoms with Crippen LogP contribution in [0.5, 0.6) is 0 Å². The van der Waals surface area contributed by atoms with Gasteiger partial charge in [0.1, 0.15) is 0 Å². The first-order valence-corrected chi connectivity index (χ1v) is 7.36. The number of benzene rings is 1. The van der Waals surface area contributed by atoms with Gasteiger partial charge in [0.05, 0.1) is 11.4 Å². The zero-order valence-corrected chi connectivity index (χ0v) is 13.5. The summed E-state index contributed by atoms with van der Waals surface area (Å²) < 4.78 is 3.15. The van der Waals surface area contributed by atoms with E-state index in [-0.39, 0.29) is 0 Å². The van der Waals surface area contributed by atoms with Crippen molar-refractivity contribution in [1.29, 1.82) is 0 Å². The molecule has 2 rings (SSSR count). The minimum absolute atomic E-state index is 0.879. The summed E-state index contributed by atoms with van der Waals surface area (Å²) in [5, 5.41) is 8.06. The SMILES string of the molecule is CCNCc1c(C)nn(-c2ccc(Br)cc2C)c1C. The van der Waals surface area contributed by atoms with Gasteiger partial charge in [0.15, 0.2) is 0 Å². The molecule has 102 valence electrons. The summed E-state index contributed by atoms with van der Waals surface area (Å²) in [6, 6.07) is 6.29. The zero-order valence-electron chi connectivity index (χ0n) is 11.9. The van der Waals surface area contributed by atoms with Crippen LogP contribution >= 0.6 is 15.9 Å². The summed E-state index contributed by atoms with van der Waals surface area (Å²) in [6.07, 6.45) is 0. The van der Waals surface area contributed by atoms with E-state index in [1.165, 1.54) is 16.8 Å². The first-order valence-electron chi connectivity index (χ1n) is 6.57. The quantitative estimate of drug-likeness (QED) is 0.931. The standard InChI is InChI=1S/C15H20BrN3/c1-5-17-9-14-11(3)18-19(12(14)4)15-7-6-13(16)8-10(15)2/h6-8,17H,5,9H2,1-4H3. The van der Waals surface area contributed by atoms with Gasteiger partial charge in [0.25, 0.3) is 0 Å². The molecule has 0 aliphatic heterocycles. The molecule has 2 aromatic rings. The fraction of sp³-hybridized carbons (Fsp3) is 0.400. The van der Waals surface area contributed by atoms with Crippen molar-refractivity contribution in [2.45, 2.75) is 34.2 Å². The highest BCUT2D eigenvalue weighted by Crippen LogP contribution is 2.23. The first-order chi connectivity index (χ1) is 9.04. The van der Waals surface area contributed by atoms with E-state index in [0.717, 1.165) is 28.9 Å². The van der Waals surface area contributed by atoms with Gasteiger partial charge in [-0.25, -0.2) is 4.68 Å². The van der Waals surface area contributed by atoms with Crippen LogP contribution in [0.25, 0.3) is 5.69 Å². The largest absolute Gasteiger partial charge is 0.313 e. The van der Waals surface area contributed by atoms with Gasteiger partial charge in [-0.3, -0.25) is 0 Å². The minimum atomic E-state index is 0.879. The number of nitrogens with zero attached hydrogens (tertiary/aromatic N) is 2. The minimum Gasteiger partial charge on any atom is -0.313 e. The molecule has 0 aliphatic rings. The summed E-state index contributed by atoms with van der Waals surface area (Å²) in [5.74, 6) is 0. The van der Waals surface area contributed by atoms with E-state index in [9.17, 15) is 0 Å². The van der Waals surface area contributed by atoms with Crippen molar-refractivity contribution >= 4 is 15.9 Å². The lowest BCUT2D eigenvalue weighted by Crippen LogP contribution is -2.13. The molecule has 0 fully saturated rings. The van der Waals surface area contributed by atoms with Crippen LogP contribution in [0.4, 0.5) is 0 Å². The average Bonchev–Trinajstić information content (AvgIpc) is 2.63. The van der Waals surface area contributed by atoms with E-state index in [1.54, 1.807) is 0 Å². The van der Waals surface area contributed by atoms with Crippen molar-refractivity contribution in [3.63, 3.8) is 0 Å². The van der Waals surface area contributed by atoms with Gasteiger partial charge in [-0.2, -0.15) is 5.10 Å². The Morgan fingerprint density at radius 2 is 2.00 bits per heavy atom. The van der Waals surface area contributed by atoms with E-state index in [4.69, 9.17) is 0 Å². The van der Waals surface area contributed by atoms with Gasteiger partial charge in [-0.15, -0.1) is 0 Å².